The first-order valence-electron chi connectivity index (χ1n) is 8.79. The summed E-state index contributed by atoms with van der Waals surface area (Å²) in [6.07, 6.45) is 2.44. The molecule has 0 amide bonds. The van der Waals surface area contributed by atoms with Gasteiger partial charge in [0.05, 0.1) is 4.92 Å². The number of ketones is 1. The Morgan fingerprint density at radius 2 is 2.07 bits per heavy atom. The molecule has 3 aromatic rings. The molecule has 1 aromatic carbocycles. The number of aryl methyl sites for hydroxylation is 2. The van der Waals surface area contributed by atoms with E-state index in [-0.39, 0.29) is 29.4 Å². The second-order valence-corrected chi connectivity index (χ2v) is 6.41. The highest BCUT2D eigenvalue weighted by molar-refractivity contribution is 6.09. The fourth-order valence-corrected chi connectivity index (χ4v) is 3.24. The molecule has 0 aliphatic heterocycles. The van der Waals surface area contributed by atoms with Gasteiger partial charge >= 0.3 is 11.7 Å². The molecule has 0 saturated heterocycles. The summed E-state index contributed by atoms with van der Waals surface area (Å²) in [4.78, 5) is 38.2. The SMILES string of the molecule is CCc1cccc2c(C(=O)COC(=O)Cn3nc(C)c([N+](=O)[O-])c3C)c[nH]c12. The number of nitrogens with one attached hydrogen (secondary N) is 1. The van der Waals surface area contributed by atoms with Crippen LogP contribution >= 0.6 is 0 Å². The number of esters is 1. The van der Waals surface area contributed by atoms with E-state index in [1.54, 1.807) is 6.20 Å². The number of hydrogen-bond donors (Lipinski definition) is 1. The van der Waals surface area contributed by atoms with Crippen LogP contribution in [-0.2, 0) is 22.5 Å². The third kappa shape index (κ3) is 3.51. The van der Waals surface area contributed by atoms with Crippen molar-refractivity contribution in [1.29, 1.82) is 0 Å². The van der Waals surface area contributed by atoms with E-state index in [0.29, 0.717) is 5.56 Å². The van der Waals surface area contributed by atoms with Crippen LogP contribution in [0.3, 0.4) is 0 Å². The largest absolute Gasteiger partial charge is 0.456 e. The van der Waals surface area contributed by atoms with Crippen molar-refractivity contribution in [2.45, 2.75) is 33.7 Å². The highest BCUT2D eigenvalue weighted by atomic mass is 16.6. The number of carbonyl (C=O) groups excluding carboxylic acids is 2. The van der Waals surface area contributed by atoms with Crippen LogP contribution in [0.2, 0.25) is 0 Å². The molecule has 2 heterocycles. The fraction of sp³-hybridized carbons (Fsp3) is 0.316. The number of ether oxygens (including phenoxy) is 1. The van der Waals surface area contributed by atoms with Crippen molar-refractivity contribution in [2.24, 2.45) is 0 Å². The van der Waals surface area contributed by atoms with Gasteiger partial charge in [-0.1, -0.05) is 25.1 Å². The molecule has 9 nitrogen and oxygen atoms in total. The maximum absolute atomic E-state index is 12.5. The number of nitrogens with zero attached hydrogens (tertiary/aromatic N) is 3. The van der Waals surface area contributed by atoms with Crippen LogP contribution in [0.1, 0.15) is 34.2 Å². The molecule has 0 aliphatic carbocycles. The second-order valence-electron chi connectivity index (χ2n) is 6.41. The summed E-state index contributed by atoms with van der Waals surface area (Å²) in [6, 6.07) is 5.71. The van der Waals surface area contributed by atoms with Gasteiger partial charge in [0, 0.05) is 22.7 Å². The molecule has 0 bridgehead atoms. The molecule has 0 saturated carbocycles. The van der Waals surface area contributed by atoms with E-state index in [1.807, 2.05) is 25.1 Å². The van der Waals surface area contributed by atoms with E-state index in [9.17, 15) is 19.7 Å². The van der Waals surface area contributed by atoms with Crippen LogP contribution in [0, 0.1) is 24.0 Å². The standard InChI is InChI=1S/C19H20N4O5/c1-4-13-6-5-7-14-15(8-20-18(13)14)16(24)10-28-17(25)9-22-12(3)19(23(26)27)11(2)21-22/h5-8,20H,4,9-10H2,1-3H3. The summed E-state index contributed by atoms with van der Waals surface area (Å²) in [5, 5.41) is 15.8. The molecule has 0 unspecified atom stereocenters. The molecule has 146 valence electrons. The molecular weight excluding hydrogens is 364 g/mol. The quantitative estimate of drug-likeness (QED) is 0.289. The van der Waals surface area contributed by atoms with Gasteiger partial charge in [0.25, 0.3) is 0 Å². The van der Waals surface area contributed by atoms with Gasteiger partial charge in [-0.3, -0.25) is 24.4 Å². The molecule has 0 aliphatic rings. The topological polar surface area (TPSA) is 120 Å². The van der Waals surface area contributed by atoms with Crippen molar-refractivity contribution in [3.05, 3.63) is 57.0 Å². The maximum atomic E-state index is 12.5. The zero-order valence-corrected chi connectivity index (χ0v) is 15.8. The van der Waals surface area contributed by atoms with Crippen molar-refractivity contribution in [1.82, 2.24) is 14.8 Å². The number of hydrogen-bond acceptors (Lipinski definition) is 6. The summed E-state index contributed by atoms with van der Waals surface area (Å²) in [7, 11) is 0. The van der Waals surface area contributed by atoms with Crippen molar-refractivity contribution >= 4 is 28.3 Å². The third-order valence-corrected chi connectivity index (χ3v) is 4.65. The highest BCUT2D eigenvalue weighted by Gasteiger charge is 2.23. The third-order valence-electron chi connectivity index (χ3n) is 4.65. The average molecular weight is 384 g/mol. The van der Waals surface area contributed by atoms with E-state index >= 15 is 0 Å². The number of aromatic amines is 1. The summed E-state index contributed by atoms with van der Waals surface area (Å²) in [6.45, 7) is 4.32. The minimum atomic E-state index is -0.692. The van der Waals surface area contributed by atoms with Crippen molar-refractivity contribution < 1.29 is 19.2 Å². The molecule has 9 heteroatoms. The zero-order valence-electron chi connectivity index (χ0n) is 15.8. The molecular formula is C19H20N4O5. The van der Waals surface area contributed by atoms with Gasteiger partial charge < -0.3 is 9.72 Å². The highest BCUT2D eigenvalue weighted by Crippen LogP contribution is 2.23. The monoisotopic (exact) mass is 384 g/mol. The summed E-state index contributed by atoms with van der Waals surface area (Å²) in [5.41, 5.74) is 2.80. The predicted molar refractivity (Wildman–Crippen MR) is 101 cm³/mol. The molecule has 0 spiro atoms. The molecule has 28 heavy (non-hydrogen) atoms. The number of para-hydroxylation sites is 1. The van der Waals surface area contributed by atoms with Crippen LogP contribution < -0.4 is 0 Å². The zero-order chi connectivity index (χ0) is 20.4. The van der Waals surface area contributed by atoms with Crippen LogP contribution in [-0.4, -0.2) is 38.0 Å². The van der Waals surface area contributed by atoms with Crippen LogP contribution in [0.4, 0.5) is 5.69 Å². The van der Waals surface area contributed by atoms with Gasteiger partial charge in [-0.05, 0) is 25.8 Å². The van der Waals surface area contributed by atoms with Crippen molar-refractivity contribution in [2.75, 3.05) is 6.61 Å². The van der Waals surface area contributed by atoms with Gasteiger partial charge in [-0.2, -0.15) is 5.10 Å². The molecule has 1 N–H and O–H groups in total. The van der Waals surface area contributed by atoms with Crippen LogP contribution in [0.25, 0.3) is 10.9 Å². The van der Waals surface area contributed by atoms with Gasteiger partial charge in [0.1, 0.15) is 17.9 Å². The first-order valence-corrected chi connectivity index (χ1v) is 8.79. The lowest BCUT2D eigenvalue weighted by atomic mass is 10.1. The number of Topliss-reactive ketones (excluding diaryl/α,β-unsaturated/α-hetero) is 1. The Morgan fingerprint density at radius 1 is 1.32 bits per heavy atom. The van der Waals surface area contributed by atoms with Gasteiger partial charge in [0.2, 0.25) is 5.78 Å². The van der Waals surface area contributed by atoms with Gasteiger partial charge in [-0.25, -0.2) is 0 Å². The molecule has 3 rings (SSSR count). The Hall–Kier alpha value is -3.49. The smallest absolute Gasteiger partial charge is 0.328 e. The Balaban J connectivity index is 1.68. The van der Waals surface area contributed by atoms with Crippen molar-refractivity contribution in [3.8, 4) is 0 Å². The van der Waals surface area contributed by atoms with Crippen LogP contribution in [0.5, 0.6) is 0 Å². The minimum Gasteiger partial charge on any atom is -0.456 e. The fourth-order valence-electron chi connectivity index (χ4n) is 3.24. The van der Waals surface area contributed by atoms with E-state index in [0.717, 1.165) is 22.9 Å². The van der Waals surface area contributed by atoms with Gasteiger partial charge in [0.15, 0.2) is 6.61 Å². The normalized spacial score (nSPS) is 11.0. The Morgan fingerprint density at radius 3 is 2.71 bits per heavy atom. The van der Waals surface area contributed by atoms with Crippen molar-refractivity contribution in [3.63, 3.8) is 0 Å². The van der Waals surface area contributed by atoms with Gasteiger partial charge in [-0.15, -0.1) is 0 Å². The first-order chi connectivity index (χ1) is 13.3. The average Bonchev–Trinajstić information content (AvgIpc) is 3.20. The molecule has 2 aromatic heterocycles. The van der Waals surface area contributed by atoms with E-state index < -0.39 is 17.5 Å². The molecule has 0 fully saturated rings. The lowest BCUT2D eigenvalue weighted by molar-refractivity contribution is -0.386. The summed E-state index contributed by atoms with van der Waals surface area (Å²) < 4.78 is 6.28. The Bertz CT molecular complexity index is 1080. The Labute approximate surface area is 160 Å². The predicted octanol–water partition coefficient (Wildman–Crippen LogP) is 2.88. The minimum absolute atomic E-state index is 0.130. The molecule has 0 atom stereocenters. The molecule has 0 radical (unpaired) electrons. The summed E-state index contributed by atoms with van der Waals surface area (Å²) >= 11 is 0. The number of aromatic nitrogens is 3. The number of benzene rings is 1. The van der Waals surface area contributed by atoms with E-state index in [1.165, 1.54) is 18.5 Å². The Kier molecular flexibility index (Phi) is 5.25. The maximum Gasteiger partial charge on any atom is 0.328 e. The number of nitro groups is 1. The van der Waals surface area contributed by atoms with E-state index in [4.69, 9.17) is 4.74 Å². The first kappa shape index (κ1) is 19.3. The van der Waals surface area contributed by atoms with Crippen LogP contribution in [0.15, 0.2) is 24.4 Å². The lowest BCUT2D eigenvalue weighted by Crippen LogP contribution is -2.19. The number of fused-ring (bicyclic) bond motifs is 1. The number of H-pyrrole nitrogens is 1. The number of carbonyl (C=O) groups is 2. The second kappa shape index (κ2) is 7.63. The number of rotatable bonds is 7. The lowest BCUT2D eigenvalue weighted by Gasteiger charge is -2.05. The van der Waals surface area contributed by atoms with E-state index in [2.05, 4.69) is 10.1 Å². The summed E-state index contributed by atoms with van der Waals surface area (Å²) in [5.74, 6) is -1.02.